The second kappa shape index (κ2) is 7.46. The number of aliphatic hydroxyl groups excluding tert-OH is 1. The maximum absolute atomic E-state index is 12.5. The van der Waals surface area contributed by atoms with Crippen LogP contribution in [0.3, 0.4) is 0 Å². The maximum atomic E-state index is 12.5. The number of fused-ring (bicyclic) bond motifs is 1. The number of nitrogens with one attached hydrogen (secondary N) is 2. The third kappa shape index (κ3) is 4.04. The third-order valence-corrected chi connectivity index (χ3v) is 4.08. The lowest BCUT2D eigenvalue weighted by Gasteiger charge is -2.24. The molecule has 1 unspecified atom stereocenters. The molecule has 3 rings (SSSR count). The normalized spacial score (nSPS) is 13.6. The van der Waals surface area contributed by atoms with E-state index >= 15 is 0 Å². The molecule has 1 amide bonds. The molecule has 25 heavy (non-hydrogen) atoms. The van der Waals surface area contributed by atoms with Crippen LogP contribution in [0.2, 0.25) is 0 Å². The summed E-state index contributed by atoms with van der Waals surface area (Å²) in [6.07, 6.45) is 1.20. The lowest BCUT2D eigenvalue weighted by atomic mass is 10.0. The van der Waals surface area contributed by atoms with E-state index in [1.54, 1.807) is 26.4 Å². The van der Waals surface area contributed by atoms with Gasteiger partial charge in [0.05, 0.1) is 22.8 Å². The zero-order valence-corrected chi connectivity index (χ0v) is 14.3. The number of rotatable bonds is 6. The van der Waals surface area contributed by atoms with Crippen molar-refractivity contribution in [2.75, 3.05) is 14.1 Å². The summed E-state index contributed by atoms with van der Waals surface area (Å²) in [7, 11) is 3.42. The minimum Gasteiger partial charge on any atom is -0.373 e. The summed E-state index contributed by atoms with van der Waals surface area (Å²) in [5.74, 6) is -0.0860. The number of pyridine rings is 1. The van der Waals surface area contributed by atoms with Crippen LogP contribution in [0.1, 0.15) is 17.5 Å². The number of aliphatic hydroxyl groups is 1. The second-order valence-electron chi connectivity index (χ2n) is 6.21. The van der Waals surface area contributed by atoms with Gasteiger partial charge >= 0.3 is 0 Å². The van der Waals surface area contributed by atoms with Gasteiger partial charge in [0.1, 0.15) is 6.23 Å². The molecule has 2 aromatic heterocycles. The maximum Gasteiger partial charge on any atom is 0.239 e. The van der Waals surface area contributed by atoms with Crippen LogP contribution in [0.25, 0.3) is 11.0 Å². The SMILES string of the molecule is CN(C)C(=O)[C@H](Cc1ccccc1)NC(O)c1cc2ncccc2[nH]1. The Morgan fingerprint density at radius 3 is 2.68 bits per heavy atom. The molecule has 0 aliphatic rings. The van der Waals surface area contributed by atoms with Gasteiger partial charge in [-0.15, -0.1) is 0 Å². The standard InChI is InChI=1S/C19H22N4O2/c1-23(2)19(25)17(11-13-7-4-3-5-8-13)22-18(24)16-12-15-14(21-16)9-6-10-20-15/h3-10,12,17-18,21-22,24H,11H2,1-2H3/t17-,18?/m0/s1. The monoisotopic (exact) mass is 338 g/mol. The van der Waals surface area contributed by atoms with Crippen molar-refractivity contribution in [3.8, 4) is 0 Å². The van der Waals surface area contributed by atoms with Crippen molar-refractivity contribution in [1.82, 2.24) is 20.2 Å². The van der Waals surface area contributed by atoms with E-state index in [1.807, 2.05) is 42.5 Å². The van der Waals surface area contributed by atoms with Gasteiger partial charge in [-0.3, -0.25) is 15.1 Å². The Morgan fingerprint density at radius 2 is 2.00 bits per heavy atom. The van der Waals surface area contributed by atoms with Gasteiger partial charge in [-0.2, -0.15) is 0 Å². The minimum atomic E-state index is -0.994. The van der Waals surface area contributed by atoms with Gasteiger partial charge in [-0.1, -0.05) is 30.3 Å². The lowest BCUT2D eigenvalue weighted by Crippen LogP contribution is -2.46. The minimum absolute atomic E-state index is 0.0860. The van der Waals surface area contributed by atoms with Crippen LogP contribution < -0.4 is 5.32 Å². The number of hydrogen-bond acceptors (Lipinski definition) is 4. The molecule has 2 heterocycles. The number of hydrogen-bond donors (Lipinski definition) is 3. The Bertz CT molecular complexity index is 812. The first kappa shape index (κ1) is 17.1. The smallest absolute Gasteiger partial charge is 0.239 e. The molecule has 6 nitrogen and oxygen atoms in total. The topological polar surface area (TPSA) is 81.2 Å². The molecule has 6 heteroatoms. The number of carbonyl (C=O) groups excluding carboxylic acids is 1. The summed E-state index contributed by atoms with van der Waals surface area (Å²) in [5.41, 5.74) is 3.23. The molecular weight excluding hydrogens is 316 g/mol. The van der Waals surface area contributed by atoms with Gasteiger partial charge in [0.15, 0.2) is 0 Å². The summed E-state index contributed by atoms with van der Waals surface area (Å²) in [6.45, 7) is 0. The highest BCUT2D eigenvalue weighted by Gasteiger charge is 2.24. The molecule has 0 bridgehead atoms. The number of H-pyrrole nitrogens is 1. The first-order valence-corrected chi connectivity index (χ1v) is 8.17. The second-order valence-corrected chi connectivity index (χ2v) is 6.21. The Hall–Kier alpha value is -2.70. The molecule has 130 valence electrons. The molecule has 0 saturated heterocycles. The van der Waals surface area contributed by atoms with Gasteiger partial charge < -0.3 is 15.0 Å². The quantitative estimate of drug-likeness (QED) is 0.599. The molecule has 0 radical (unpaired) electrons. The highest BCUT2D eigenvalue weighted by atomic mass is 16.3. The van der Waals surface area contributed by atoms with Crippen LogP contribution in [0.5, 0.6) is 0 Å². The lowest BCUT2D eigenvalue weighted by molar-refractivity contribution is -0.132. The molecule has 0 fully saturated rings. The molecular formula is C19H22N4O2. The molecule has 1 aromatic carbocycles. The van der Waals surface area contributed by atoms with Crippen molar-refractivity contribution in [1.29, 1.82) is 0 Å². The summed E-state index contributed by atoms with van der Waals surface area (Å²) < 4.78 is 0. The summed E-state index contributed by atoms with van der Waals surface area (Å²) in [5, 5.41) is 13.6. The average Bonchev–Trinajstić information content (AvgIpc) is 3.05. The number of benzene rings is 1. The Balaban J connectivity index is 1.79. The van der Waals surface area contributed by atoms with Gasteiger partial charge in [0.25, 0.3) is 0 Å². The Kier molecular flexibility index (Phi) is 5.11. The fraction of sp³-hybridized carbons (Fsp3) is 0.263. The van der Waals surface area contributed by atoms with Crippen LogP contribution in [0.4, 0.5) is 0 Å². The van der Waals surface area contributed by atoms with E-state index in [1.165, 1.54) is 4.90 Å². The van der Waals surface area contributed by atoms with E-state index < -0.39 is 12.3 Å². The van der Waals surface area contributed by atoms with Crippen molar-refractivity contribution in [2.24, 2.45) is 0 Å². The summed E-state index contributed by atoms with van der Waals surface area (Å²) >= 11 is 0. The van der Waals surface area contributed by atoms with Crippen LogP contribution in [-0.4, -0.2) is 46.0 Å². The highest BCUT2D eigenvalue weighted by molar-refractivity contribution is 5.82. The number of nitrogens with zero attached hydrogens (tertiary/aromatic N) is 2. The van der Waals surface area contributed by atoms with E-state index in [4.69, 9.17) is 0 Å². The van der Waals surface area contributed by atoms with Crippen molar-refractivity contribution in [3.05, 3.63) is 66.0 Å². The first-order valence-electron chi connectivity index (χ1n) is 8.17. The van der Waals surface area contributed by atoms with Gasteiger partial charge in [0, 0.05) is 20.3 Å². The highest BCUT2D eigenvalue weighted by Crippen LogP contribution is 2.18. The van der Waals surface area contributed by atoms with Gasteiger partial charge in [-0.05, 0) is 30.2 Å². The number of aromatic nitrogens is 2. The predicted molar refractivity (Wildman–Crippen MR) is 96.8 cm³/mol. The van der Waals surface area contributed by atoms with Gasteiger partial charge in [-0.25, -0.2) is 0 Å². The van der Waals surface area contributed by atoms with Crippen LogP contribution >= 0.6 is 0 Å². The number of likely N-dealkylation sites (N-methyl/N-ethyl adjacent to an activating group) is 1. The van der Waals surface area contributed by atoms with E-state index in [0.717, 1.165) is 16.6 Å². The van der Waals surface area contributed by atoms with E-state index in [9.17, 15) is 9.90 Å². The largest absolute Gasteiger partial charge is 0.373 e. The van der Waals surface area contributed by atoms with Gasteiger partial charge in [0.2, 0.25) is 5.91 Å². The van der Waals surface area contributed by atoms with Crippen LogP contribution in [-0.2, 0) is 11.2 Å². The van der Waals surface area contributed by atoms with Crippen molar-refractivity contribution in [3.63, 3.8) is 0 Å². The summed E-state index contributed by atoms with van der Waals surface area (Å²) in [4.78, 5) is 21.4. The predicted octanol–water partition coefficient (Wildman–Crippen LogP) is 1.84. The molecule has 0 saturated carbocycles. The molecule has 3 aromatic rings. The van der Waals surface area contributed by atoms with E-state index in [-0.39, 0.29) is 5.91 Å². The number of carbonyl (C=O) groups is 1. The summed E-state index contributed by atoms with van der Waals surface area (Å²) in [6, 6.07) is 14.7. The average molecular weight is 338 g/mol. The fourth-order valence-electron chi connectivity index (χ4n) is 2.78. The molecule has 0 spiro atoms. The van der Waals surface area contributed by atoms with Crippen LogP contribution in [0.15, 0.2) is 54.7 Å². The Labute approximate surface area is 146 Å². The fourth-order valence-corrected chi connectivity index (χ4v) is 2.78. The van der Waals surface area contributed by atoms with E-state index in [2.05, 4.69) is 15.3 Å². The molecule has 2 atom stereocenters. The number of amides is 1. The van der Waals surface area contributed by atoms with Crippen LogP contribution in [0, 0.1) is 0 Å². The zero-order chi connectivity index (χ0) is 17.8. The zero-order valence-electron chi connectivity index (χ0n) is 14.3. The first-order chi connectivity index (χ1) is 12.0. The molecule has 0 aliphatic carbocycles. The molecule has 3 N–H and O–H groups in total. The molecule has 0 aliphatic heterocycles. The van der Waals surface area contributed by atoms with E-state index in [0.29, 0.717) is 12.1 Å². The van der Waals surface area contributed by atoms with Crippen molar-refractivity contribution in [2.45, 2.75) is 18.7 Å². The van der Waals surface area contributed by atoms with Crippen molar-refractivity contribution >= 4 is 16.9 Å². The Morgan fingerprint density at radius 1 is 1.24 bits per heavy atom. The third-order valence-electron chi connectivity index (χ3n) is 4.08. The van der Waals surface area contributed by atoms with Crippen molar-refractivity contribution < 1.29 is 9.90 Å². The number of aromatic amines is 1.